The molecule has 0 atom stereocenters. The van der Waals surface area contributed by atoms with Gasteiger partial charge < -0.3 is 15.2 Å². The maximum absolute atomic E-state index is 13.4. The zero-order valence-electron chi connectivity index (χ0n) is 16.9. The molecule has 0 aliphatic rings. The number of carbonyl (C=O) groups excluding carboxylic acids is 3. The smallest absolute Gasteiger partial charge is 0.298 e. The van der Waals surface area contributed by atoms with Crippen LogP contribution in [0.1, 0.15) is 37.7 Å². The van der Waals surface area contributed by atoms with Crippen LogP contribution >= 0.6 is 0 Å². The second-order valence-electron chi connectivity index (χ2n) is 6.80. The molecule has 0 bridgehead atoms. The molecule has 0 unspecified atom stereocenters. The monoisotopic (exact) mass is 409 g/mol. The topological polar surface area (TPSA) is 106 Å². The quantitative estimate of drug-likeness (QED) is 0.383. The molecule has 0 radical (unpaired) electrons. The number of ketones is 1. The Balaban J connectivity index is 1.88. The number of amides is 2. The minimum atomic E-state index is -0.836. The zero-order valence-corrected chi connectivity index (χ0v) is 16.9. The highest BCUT2D eigenvalue weighted by atomic mass is 19.1. The Morgan fingerprint density at radius 2 is 1.80 bits per heavy atom. The van der Waals surface area contributed by atoms with E-state index in [1.807, 2.05) is 0 Å². The molecule has 0 spiro atoms. The average Bonchev–Trinajstić information content (AvgIpc) is 2.93. The van der Waals surface area contributed by atoms with Gasteiger partial charge in [0, 0.05) is 24.5 Å². The minimum absolute atomic E-state index is 0.104. The fraction of sp³-hybridized carbons (Fsp3) is 0.190. The number of halogens is 1. The molecular formula is C21H20FN5O3. The molecule has 0 saturated carbocycles. The van der Waals surface area contributed by atoms with Crippen LogP contribution < -0.4 is 10.6 Å². The number of pyridine rings is 2. The summed E-state index contributed by atoms with van der Waals surface area (Å²) in [6.45, 7) is 4.81. The average molecular weight is 409 g/mol. The van der Waals surface area contributed by atoms with Crippen LogP contribution in [0.25, 0.3) is 0 Å². The fourth-order valence-corrected chi connectivity index (χ4v) is 3.19. The van der Waals surface area contributed by atoms with Crippen LogP contribution in [0.2, 0.25) is 0 Å². The van der Waals surface area contributed by atoms with E-state index in [9.17, 15) is 18.8 Å². The first kappa shape index (κ1) is 20.8. The Kier molecular flexibility index (Phi) is 5.72. The number of nitrogens with one attached hydrogen (secondary N) is 2. The summed E-state index contributed by atoms with van der Waals surface area (Å²) in [6.07, 6.45) is 4.18. The number of aryl methyl sites for hydroxylation is 1. The van der Waals surface area contributed by atoms with E-state index in [4.69, 9.17) is 0 Å². The Bertz CT molecular complexity index is 1160. The standard InChI is InChI=1S/C21H20FN5O3/c1-11-8-15(10-24-19(11)22)26-20(29)16-12(2)17(27(4)13(16)3)18(28)21(30)25-14-6-5-7-23-9-14/h5-10H,1-4H3,(H,25,30)(H,26,29). The minimum Gasteiger partial charge on any atom is -0.344 e. The first-order valence-electron chi connectivity index (χ1n) is 9.05. The summed E-state index contributed by atoms with van der Waals surface area (Å²) in [7, 11) is 1.60. The second-order valence-corrected chi connectivity index (χ2v) is 6.80. The van der Waals surface area contributed by atoms with Crippen molar-refractivity contribution in [3.05, 3.63) is 70.8 Å². The third-order valence-electron chi connectivity index (χ3n) is 4.77. The van der Waals surface area contributed by atoms with Crippen LogP contribution in [0.5, 0.6) is 0 Å². The number of carbonyl (C=O) groups is 3. The van der Waals surface area contributed by atoms with E-state index < -0.39 is 23.5 Å². The van der Waals surface area contributed by atoms with Gasteiger partial charge in [0.1, 0.15) is 0 Å². The van der Waals surface area contributed by atoms with Gasteiger partial charge >= 0.3 is 0 Å². The number of nitrogens with zero attached hydrogens (tertiary/aromatic N) is 3. The van der Waals surface area contributed by atoms with Crippen molar-refractivity contribution in [3.63, 3.8) is 0 Å². The Morgan fingerprint density at radius 3 is 2.43 bits per heavy atom. The summed E-state index contributed by atoms with van der Waals surface area (Å²) in [5.74, 6) is -2.72. The maximum atomic E-state index is 13.4. The first-order valence-corrected chi connectivity index (χ1v) is 9.05. The lowest BCUT2D eigenvalue weighted by Crippen LogP contribution is -2.25. The van der Waals surface area contributed by atoms with Crippen LogP contribution in [-0.2, 0) is 11.8 Å². The van der Waals surface area contributed by atoms with E-state index in [1.54, 1.807) is 39.2 Å². The molecule has 3 rings (SSSR count). The molecule has 30 heavy (non-hydrogen) atoms. The van der Waals surface area contributed by atoms with Gasteiger partial charge in [-0.15, -0.1) is 0 Å². The van der Waals surface area contributed by atoms with Crippen LogP contribution in [0.3, 0.4) is 0 Å². The lowest BCUT2D eigenvalue weighted by molar-refractivity contribution is -0.112. The Morgan fingerprint density at radius 1 is 1.07 bits per heavy atom. The summed E-state index contributed by atoms with van der Waals surface area (Å²) in [6, 6.07) is 4.70. The molecule has 3 aromatic rings. The number of hydrogen-bond donors (Lipinski definition) is 2. The van der Waals surface area contributed by atoms with Crippen molar-refractivity contribution >= 4 is 29.0 Å². The number of hydrogen-bond acceptors (Lipinski definition) is 5. The molecule has 0 aliphatic carbocycles. The van der Waals surface area contributed by atoms with E-state index in [2.05, 4.69) is 20.6 Å². The van der Waals surface area contributed by atoms with Crippen LogP contribution in [0.4, 0.5) is 15.8 Å². The maximum Gasteiger partial charge on any atom is 0.298 e. The first-order chi connectivity index (χ1) is 14.2. The van der Waals surface area contributed by atoms with Gasteiger partial charge in [-0.25, -0.2) is 4.98 Å². The van der Waals surface area contributed by atoms with Crippen molar-refractivity contribution in [2.45, 2.75) is 20.8 Å². The van der Waals surface area contributed by atoms with Gasteiger partial charge in [-0.2, -0.15) is 4.39 Å². The highest BCUT2D eigenvalue weighted by molar-refractivity contribution is 6.46. The molecule has 0 aliphatic heterocycles. The summed E-state index contributed by atoms with van der Waals surface area (Å²) in [4.78, 5) is 45.5. The van der Waals surface area contributed by atoms with Gasteiger partial charge in [0.05, 0.1) is 35.0 Å². The highest BCUT2D eigenvalue weighted by Crippen LogP contribution is 2.24. The van der Waals surface area contributed by atoms with Crippen molar-refractivity contribution in [1.82, 2.24) is 14.5 Å². The lowest BCUT2D eigenvalue weighted by atomic mass is 10.1. The SMILES string of the molecule is Cc1cc(NC(=O)c2c(C)c(C(=O)C(=O)Nc3cccnc3)n(C)c2C)cnc1F. The predicted octanol–water partition coefficient (Wildman–Crippen LogP) is 2.95. The molecule has 0 aromatic carbocycles. The fourth-order valence-electron chi connectivity index (χ4n) is 3.19. The molecule has 0 fully saturated rings. The number of anilines is 2. The van der Waals surface area contributed by atoms with E-state index in [-0.39, 0.29) is 16.8 Å². The molecule has 8 nitrogen and oxygen atoms in total. The summed E-state index contributed by atoms with van der Waals surface area (Å²) in [5.41, 5.74) is 2.24. The third kappa shape index (κ3) is 3.95. The molecule has 2 N–H and O–H groups in total. The number of Topliss-reactive ketones (excluding diaryl/α,β-unsaturated/α-hetero) is 1. The molecule has 3 heterocycles. The van der Waals surface area contributed by atoms with Crippen LogP contribution in [0.15, 0.2) is 36.8 Å². The summed E-state index contributed by atoms with van der Waals surface area (Å²) >= 11 is 0. The predicted molar refractivity (Wildman–Crippen MR) is 109 cm³/mol. The highest BCUT2D eigenvalue weighted by Gasteiger charge is 2.28. The van der Waals surface area contributed by atoms with Crippen LogP contribution in [-0.4, -0.2) is 32.1 Å². The third-order valence-corrected chi connectivity index (χ3v) is 4.77. The molecular weight excluding hydrogens is 389 g/mol. The van der Waals surface area contributed by atoms with Crippen molar-refractivity contribution in [3.8, 4) is 0 Å². The van der Waals surface area contributed by atoms with E-state index in [0.717, 1.165) is 0 Å². The van der Waals surface area contributed by atoms with E-state index in [0.29, 0.717) is 22.6 Å². The van der Waals surface area contributed by atoms with Gasteiger partial charge in [-0.3, -0.25) is 19.4 Å². The molecule has 2 amide bonds. The Hall–Kier alpha value is -3.88. The van der Waals surface area contributed by atoms with Crippen molar-refractivity contribution in [1.29, 1.82) is 0 Å². The summed E-state index contributed by atoms with van der Waals surface area (Å²) < 4.78 is 14.9. The zero-order chi connectivity index (χ0) is 22.0. The lowest BCUT2D eigenvalue weighted by Gasteiger charge is -2.07. The van der Waals surface area contributed by atoms with Gasteiger partial charge in [-0.05, 0) is 44.5 Å². The van der Waals surface area contributed by atoms with Gasteiger partial charge in [0.25, 0.3) is 17.6 Å². The van der Waals surface area contributed by atoms with Gasteiger partial charge in [0.2, 0.25) is 5.95 Å². The molecule has 3 aromatic heterocycles. The van der Waals surface area contributed by atoms with Crippen molar-refractivity contribution in [2.75, 3.05) is 10.6 Å². The number of aromatic nitrogens is 3. The Labute approximate surface area is 172 Å². The van der Waals surface area contributed by atoms with Gasteiger partial charge in [-0.1, -0.05) is 0 Å². The van der Waals surface area contributed by atoms with Crippen molar-refractivity contribution < 1.29 is 18.8 Å². The molecule has 0 saturated heterocycles. The van der Waals surface area contributed by atoms with Crippen molar-refractivity contribution in [2.24, 2.45) is 7.05 Å². The number of rotatable bonds is 5. The largest absolute Gasteiger partial charge is 0.344 e. The second kappa shape index (κ2) is 8.24. The molecule has 9 heteroatoms. The van der Waals surface area contributed by atoms with E-state index >= 15 is 0 Å². The van der Waals surface area contributed by atoms with Gasteiger partial charge in [0.15, 0.2) is 0 Å². The molecule has 154 valence electrons. The van der Waals surface area contributed by atoms with Crippen LogP contribution in [0, 0.1) is 26.7 Å². The normalized spacial score (nSPS) is 10.6. The van der Waals surface area contributed by atoms with E-state index in [1.165, 1.54) is 30.0 Å². The summed E-state index contributed by atoms with van der Waals surface area (Å²) in [5, 5.41) is 5.15.